The fourth-order valence-corrected chi connectivity index (χ4v) is 2.01. The van der Waals surface area contributed by atoms with Gasteiger partial charge in [-0.2, -0.15) is 0 Å². The van der Waals surface area contributed by atoms with E-state index in [1.165, 1.54) is 0 Å². The van der Waals surface area contributed by atoms with Gasteiger partial charge in [0.1, 0.15) is 0 Å². The smallest absolute Gasteiger partial charge is 0.223 e. The Bertz CT molecular complexity index is 186. The van der Waals surface area contributed by atoms with Crippen molar-refractivity contribution in [2.24, 2.45) is 11.8 Å². The Kier molecular flexibility index (Phi) is 8.26. The first-order valence-corrected chi connectivity index (χ1v) is 6.56. The third-order valence-corrected chi connectivity index (χ3v) is 3.43. The molecule has 3 nitrogen and oxygen atoms in total. The minimum Gasteiger partial charge on any atom is -0.391 e. The summed E-state index contributed by atoms with van der Waals surface area (Å²) in [6.45, 7) is 8.57. The van der Waals surface area contributed by atoms with Gasteiger partial charge < -0.3 is 10.4 Å². The lowest BCUT2D eigenvalue weighted by molar-refractivity contribution is -0.125. The number of rotatable bonds is 8. The highest BCUT2D eigenvalue weighted by molar-refractivity contribution is 5.78. The summed E-state index contributed by atoms with van der Waals surface area (Å²) in [5.74, 6) is 0.464. The molecule has 0 heterocycles. The summed E-state index contributed by atoms with van der Waals surface area (Å²) in [4.78, 5) is 11.7. The van der Waals surface area contributed by atoms with Crippen molar-refractivity contribution in [3.8, 4) is 0 Å². The zero-order chi connectivity index (χ0) is 12.6. The van der Waals surface area contributed by atoms with Gasteiger partial charge in [0, 0.05) is 12.5 Å². The van der Waals surface area contributed by atoms with E-state index in [9.17, 15) is 9.90 Å². The number of aliphatic hydroxyl groups is 1. The molecule has 0 aromatic heterocycles. The van der Waals surface area contributed by atoms with E-state index < -0.39 is 6.10 Å². The fourth-order valence-electron chi connectivity index (χ4n) is 2.01. The molecular formula is C13H27NO2. The van der Waals surface area contributed by atoms with Crippen molar-refractivity contribution in [2.75, 3.05) is 6.54 Å². The summed E-state index contributed by atoms with van der Waals surface area (Å²) in [6.07, 6.45) is 3.23. The van der Waals surface area contributed by atoms with Crippen LogP contribution < -0.4 is 5.32 Å². The minimum absolute atomic E-state index is 0.0787. The number of amides is 1. The second-order valence-electron chi connectivity index (χ2n) is 4.40. The molecule has 0 rings (SSSR count). The highest BCUT2D eigenvalue weighted by atomic mass is 16.3. The molecule has 0 radical (unpaired) electrons. The third kappa shape index (κ3) is 4.97. The Balaban J connectivity index is 3.99. The number of carbonyl (C=O) groups excluding carboxylic acids is 1. The summed E-state index contributed by atoms with van der Waals surface area (Å²) in [5, 5.41) is 12.7. The maximum absolute atomic E-state index is 11.7. The minimum atomic E-state index is -0.409. The topological polar surface area (TPSA) is 49.3 Å². The van der Waals surface area contributed by atoms with Crippen LogP contribution in [0.25, 0.3) is 0 Å². The molecule has 0 aliphatic heterocycles. The molecule has 0 aromatic rings. The molecule has 0 fully saturated rings. The molecule has 16 heavy (non-hydrogen) atoms. The Hall–Kier alpha value is -0.570. The molecule has 2 N–H and O–H groups in total. The monoisotopic (exact) mass is 229 g/mol. The van der Waals surface area contributed by atoms with E-state index in [-0.39, 0.29) is 11.8 Å². The van der Waals surface area contributed by atoms with Gasteiger partial charge in [-0.25, -0.2) is 0 Å². The summed E-state index contributed by atoms with van der Waals surface area (Å²) in [7, 11) is 0. The lowest BCUT2D eigenvalue weighted by Crippen LogP contribution is -2.38. The van der Waals surface area contributed by atoms with E-state index in [1.807, 2.05) is 13.8 Å². The average Bonchev–Trinajstić information content (AvgIpc) is 2.29. The van der Waals surface area contributed by atoms with Crippen LogP contribution in [-0.4, -0.2) is 23.7 Å². The van der Waals surface area contributed by atoms with Crippen molar-refractivity contribution in [3.05, 3.63) is 0 Å². The Labute approximate surface area is 99.6 Å². The molecular weight excluding hydrogens is 202 g/mol. The van der Waals surface area contributed by atoms with Gasteiger partial charge in [0.2, 0.25) is 5.91 Å². The Morgan fingerprint density at radius 2 is 1.56 bits per heavy atom. The van der Waals surface area contributed by atoms with Crippen LogP contribution in [0, 0.1) is 11.8 Å². The maximum atomic E-state index is 11.7. The van der Waals surface area contributed by atoms with Crippen molar-refractivity contribution in [3.63, 3.8) is 0 Å². The number of aliphatic hydroxyl groups excluding tert-OH is 1. The first-order valence-electron chi connectivity index (χ1n) is 6.56. The predicted octanol–water partition coefficient (Wildman–Crippen LogP) is 2.34. The van der Waals surface area contributed by atoms with E-state index in [4.69, 9.17) is 0 Å². The van der Waals surface area contributed by atoms with Gasteiger partial charge >= 0.3 is 0 Å². The molecule has 96 valence electrons. The summed E-state index contributed by atoms with van der Waals surface area (Å²) < 4.78 is 0. The second kappa shape index (κ2) is 8.57. The van der Waals surface area contributed by atoms with Crippen LogP contribution >= 0.6 is 0 Å². The number of carbonyl (C=O) groups is 1. The van der Waals surface area contributed by atoms with Gasteiger partial charge in [-0.1, -0.05) is 40.5 Å². The standard InChI is InChI=1S/C13H27NO2/c1-5-10(6-2)12(15)9-14-13(16)11(7-3)8-4/h10-12,15H,5-9H2,1-4H3,(H,14,16). The molecule has 0 saturated heterocycles. The molecule has 0 aliphatic rings. The predicted molar refractivity (Wildman–Crippen MR) is 67.2 cm³/mol. The van der Waals surface area contributed by atoms with Crippen LogP contribution in [0.4, 0.5) is 0 Å². The second-order valence-corrected chi connectivity index (χ2v) is 4.40. The third-order valence-electron chi connectivity index (χ3n) is 3.43. The van der Waals surface area contributed by atoms with Crippen molar-refractivity contribution < 1.29 is 9.90 Å². The van der Waals surface area contributed by atoms with Crippen molar-refractivity contribution in [1.29, 1.82) is 0 Å². The van der Waals surface area contributed by atoms with Gasteiger partial charge in [0.15, 0.2) is 0 Å². The van der Waals surface area contributed by atoms with Crippen LogP contribution in [0.15, 0.2) is 0 Å². The summed E-state index contributed by atoms with van der Waals surface area (Å²) in [6, 6.07) is 0. The Morgan fingerprint density at radius 3 is 1.94 bits per heavy atom. The first-order chi connectivity index (χ1) is 7.60. The lowest BCUT2D eigenvalue weighted by Gasteiger charge is -2.21. The highest BCUT2D eigenvalue weighted by Gasteiger charge is 2.18. The van der Waals surface area contributed by atoms with E-state index in [1.54, 1.807) is 0 Å². The van der Waals surface area contributed by atoms with E-state index in [0.29, 0.717) is 12.5 Å². The molecule has 0 aromatic carbocycles. The van der Waals surface area contributed by atoms with Crippen LogP contribution in [0.5, 0.6) is 0 Å². The fraction of sp³-hybridized carbons (Fsp3) is 0.923. The van der Waals surface area contributed by atoms with E-state index >= 15 is 0 Å². The lowest BCUT2D eigenvalue weighted by atomic mass is 9.96. The average molecular weight is 229 g/mol. The van der Waals surface area contributed by atoms with Crippen LogP contribution in [-0.2, 0) is 4.79 Å². The number of nitrogens with one attached hydrogen (secondary N) is 1. The SMILES string of the molecule is CCC(CC)C(=O)NCC(O)C(CC)CC. The highest BCUT2D eigenvalue weighted by Crippen LogP contribution is 2.13. The first kappa shape index (κ1) is 15.4. The van der Waals surface area contributed by atoms with Gasteiger partial charge in [-0.05, 0) is 18.8 Å². The molecule has 1 amide bonds. The van der Waals surface area contributed by atoms with E-state index in [2.05, 4.69) is 19.2 Å². The maximum Gasteiger partial charge on any atom is 0.223 e. The van der Waals surface area contributed by atoms with Gasteiger partial charge in [-0.3, -0.25) is 4.79 Å². The Morgan fingerprint density at radius 1 is 1.06 bits per heavy atom. The molecule has 3 heteroatoms. The molecule has 1 unspecified atom stereocenters. The largest absolute Gasteiger partial charge is 0.391 e. The zero-order valence-corrected chi connectivity index (χ0v) is 11.1. The molecule has 0 saturated carbocycles. The molecule has 1 atom stereocenters. The van der Waals surface area contributed by atoms with Crippen LogP contribution in [0.1, 0.15) is 53.4 Å². The van der Waals surface area contributed by atoms with Crippen molar-refractivity contribution >= 4 is 5.91 Å². The number of hydrogen-bond donors (Lipinski definition) is 2. The van der Waals surface area contributed by atoms with Gasteiger partial charge in [0.05, 0.1) is 6.10 Å². The summed E-state index contributed by atoms with van der Waals surface area (Å²) >= 11 is 0. The zero-order valence-electron chi connectivity index (χ0n) is 11.1. The summed E-state index contributed by atoms with van der Waals surface area (Å²) in [5.41, 5.74) is 0. The van der Waals surface area contributed by atoms with Gasteiger partial charge in [0.25, 0.3) is 0 Å². The van der Waals surface area contributed by atoms with Crippen molar-refractivity contribution in [1.82, 2.24) is 5.32 Å². The molecule has 0 spiro atoms. The number of hydrogen-bond acceptors (Lipinski definition) is 2. The molecule has 0 bridgehead atoms. The van der Waals surface area contributed by atoms with Crippen LogP contribution in [0.2, 0.25) is 0 Å². The van der Waals surface area contributed by atoms with Crippen molar-refractivity contribution in [2.45, 2.75) is 59.5 Å². The normalized spacial score (nSPS) is 13.2. The van der Waals surface area contributed by atoms with E-state index in [0.717, 1.165) is 25.7 Å². The van der Waals surface area contributed by atoms with Gasteiger partial charge in [-0.15, -0.1) is 0 Å². The molecule has 0 aliphatic carbocycles. The quantitative estimate of drug-likeness (QED) is 0.671. The van der Waals surface area contributed by atoms with Crippen LogP contribution in [0.3, 0.4) is 0 Å².